The van der Waals surface area contributed by atoms with Crippen molar-refractivity contribution < 1.29 is 0 Å². The zero-order valence-electron chi connectivity index (χ0n) is 17.5. The number of hydrogen-bond donors (Lipinski definition) is 2. The molecule has 0 aromatic carbocycles. The summed E-state index contributed by atoms with van der Waals surface area (Å²) in [7, 11) is 5.93. The molecule has 1 heterocycles. The predicted molar refractivity (Wildman–Crippen MR) is 109 cm³/mol. The van der Waals surface area contributed by atoms with Gasteiger partial charge in [-0.05, 0) is 67.8 Å². The predicted octanol–water partition coefficient (Wildman–Crippen LogP) is 3.07. The molecule has 0 aliphatic rings. The fourth-order valence-electron chi connectivity index (χ4n) is 2.15. The summed E-state index contributed by atoms with van der Waals surface area (Å²) in [6.45, 7) is 12.9. The number of H-pyrrole nitrogens is 1. The molecule has 0 aliphatic carbocycles. The van der Waals surface area contributed by atoms with Gasteiger partial charge in [0.15, 0.2) is 0 Å². The van der Waals surface area contributed by atoms with Crippen LogP contribution in [0.5, 0.6) is 0 Å². The van der Waals surface area contributed by atoms with E-state index >= 15 is 0 Å². The smallest absolute Gasteiger partial charge is 0.0520 e. The minimum atomic E-state index is 0.262. The normalized spacial score (nSPS) is 15.2. The second-order valence-electron chi connectivity index (χ2n) is 6.96. The number of hydrogen-bond acceptors (Lipinski definition) is 5. The van der Waals surface area contributed by atoms with Gasteiger partial charge in [-0.1, -0.05) is 0 Å². The van der Waals surface area contributed by atoms with E-state index in [1.165, 1.54) is 5.69 Å². The third-order valence-electron chi connectivity index (χ3n) is 4.72. The van der Waals surface area contributed by atoms with E-state index in [1.807, 2.05) is 12.1 Å². The van der Waals surface area contributed by atoms with Gasteiger partial charge in [-0.3, -0.25) is 19.9 Å². The second-order valence-corrected chi connectivity index (χ2v) is 6.96. The fourth-order valence-corrected chi connectivity index (χ4v) is 2.15. The second kappa shape index (κ2) is 11.8. The molecule has 0 saturated heterocycles. The Morgan fingerprint density at radius 3 is 2.08 bits per heavy atom. The van der Waals surface area contributed by atoms with Crippen molar-refractivity contribution in [3.05, 3.63) is 29.7 Å². The first kappa shape index (κ1) is 23.3. The Labute approximate surface area is 154 Å². The minimum absolute atomic E-state index is 0.262. The van der Waals surface area contributed by atoms with Crippen LogP contribution in [0.4, 0.5) is 0 Å². The van der Waals surface area contributed by atoms with Crippen molar-refractivity contribution in [2.75, 3.05) is 21.1 Å². The number of aliphatic imine (C=N–C) groups is 1. The average Bonchev–Trinajstić information content (AvgIpc) is 3.11. The molecule has 6 nitrogen and oxygen atoms in total. The number of rotatable bonds is 7. The summed E-state index contributed by atoms with van der Waals surface area (Å²) in [5, 5.41) is 6.91. The monoisotopic (exact) mass is 350 g/mol. The zero-order valence-corrected chi connectivity index (χ0v) is 17.5. The summed E-state index contributed by atoms with van der Waals surface area (Å²) >= 11 is 0. The van der Waals surface area contributed by atoms with Gasteiger partial charge in [0.2, 0.25) is 0 Å². The molecule has 25 heavy (non-hydrogen) atoms. The van der Waals surface area contributed by atoms with Gasteiger partial charge in [0.25, 0.3) is 0 Å². The fraction of sp³-hybridized carbons (Fsp3) is 0.684. The van der Waals surface area contributed by atoms with E-state index in [2.05, 4.69) is 80.6 Å². The lowest BCUT2D eigenvalue weighted by Crippen LogP contribution is -2.38. The van der Waals surface area contributed by atoms with Crippen LogP contribution in [0.1, 0.15) is 53.3 Å². The summed E-state index contributed by atoms with van der Waals surface area (Å²) in [4.78, 5) is 8.38. The summed E-state index contributed by atoms with van der Waals surface area (Å²) in [5.74, 6) is 0. The Kier molecular flexibility index (Phi) is 11.0. The van der Waals surface area contributed by atoms with E-state index in [4.69, 9.17) is 5.73 Å². The van der Waals surface area contributed by atoms with E-state index < -0.39 is 0 Å². The summed E-state index contributed by atoms with van der Waals surface area (Å²) in [5.41, 5.74) is 7.89. The standard InChI is InChI=1S/C10H21N3.C9H17N3/c1-8(2)13(5)9(3)10(11)6-7-12-4;1-7(2)12(4)8(3)9-5-6-10-11-9/h6-9H,11H2,1-5H3;5-8H,1-4H3,(H,10,11)/b10-6-,12-7?;. The van der Waals surface area contributed by atoms with Crippen LogP contribution in [0.2, 0.25) is 0 Å². The molecule has 1 aromatic rings. The van der Waals surface area contributed by atoms with Gasteiger partial charge >= 0.3 is 0 Å². The highest BCUT2D eigenvalue weighted by Gasteiger charge is 2.15. The first-order valence-electron chi connectivity index (χ1n) is 8.94. The van der Waals surface area contributed by atoms with Crippen LogP contribution < -0.4 is 5.73 Å². The molecule has 1 aromatic heterocycles. The third kappa shape index (κ3) is 8.31. The van der Waals surface area contributed by atoms with Crippen LogP contribution in [0, 0.1) is 0 Å². The quantitative estimate of drug-likeness (QED) is 0.741. The first-order chi connectivity index (χ1) is 11.6. The third-order valence-corrected chi connectivity index (χ3v) is 4.72. The van der Waals surface area contributed by atoms with Crippen LogP contribution in [-0.2, 0) is 0 Å². The maximum atomic E-state index is 5.87. The van der Waals surface area contributed by atoms with Gasteiger partial charge in [-0.15, -0.1) is 0 Å². The van der Waals surface area contributed by atoms with Crippen LogP contribution >= 0.6 is 0 Å². The van der Waals surface area contributed by atoms with Crippen LogP contribution in [0.3, 0.4) is 0 Å². The average molecular weight is 351 g/mol. The number of allylic oxidation sites excluding steroid dienone is 1. The van der Waals surface area contributed by atoms with Gasteiger partial charge in [0, 0.05) is 49.3 Å². The SMILES string of the molecule is CC(C)N(C)C(C)c1ccn[nH]1.CN=C/C=C(\N)C(C)N(C)C(C)C. The summed E-state index contributed by atoms with van der Waals surface area (Å²) < 4.78 is 0. The number of aromatic nitrogens is 2. The lowest BCUT2D eigenvalue weighted by molar-refractivity contribution is 0.206. The summed E-state index contributed by atoms with van der Waals surface area (Å²) in [6.07, 6.45) is 5.36. The van der Waals surface area contributed by atoms with Crippen LogP contribution in [-0.4, -0.2) is 65.5 Å². The van der Waals surface area contributed by atoms with Crippen molar-refractivity contribution in [3.8, 4) is 0 Å². The van der Waals surface area contributed by atoms with Crippen molar-refractivity contribution in [2.45, 2.75) is 65.7 Å². The zero-order chi connectivity index (χ0) is 19.6. The van der Waals surface area contributed by atoms with Crippen molar-refractivity contribution in [1.29, 1.82) is 0 Å². The molecule has 0 fully saturated rings. The van der Waals surface area contributed by atoms with E-state index in [-0.39, 0.29) is 6.04 Å². The molecule has 0 saturated carbocycles. The molecule has 0 aliphatic heterocycles. The number of nitrogens with zero attached hydrogens (tertiary/aromatic N) is 4. The molecule has 144 valence electrons. The molecule has 2 unspecified atom stereocenters. The topological polar surface area (TPSA) is 73.5 Å². The van der Waals surface area contributed by atoms with Gasteiger partial charge in [-0.25, -0.2) is 0 Å². The minimum Gasteiger partial charge on any atom is -0.401 e. The van der Waals surface area contributed by atoms with Crippen molar-refractivity contribution in [3.63, 3.8) is 0 Å². The largest absolute Gasteiger partial charge is 0.401 e. The molecular formula is C19H38N6. The molecular weight excluding hydrogens is 312 g/mol. The number of nitrogens with two attached hydrogens (primary N) is 1. The highest BCUT2D eigenvalue weighted by atomic mass is 15.2. The van der Waals surface area contributed by atoms with Gasteiger partial charge in [-0.2, -0.15) is 5.10 Å². The van der Waals surface area contributed by atoms with Crippen LogP contribution in [0.25, 0.3) is 0 Å². The number of likely N-dealkylation sites (N-methyl/N-ethyl adjacent to an activating group) is 1. The molecule has 6 heteroatoms. The van der Waals surface area contributed by atoms with E-state index in [0.29, 0.717) is 18.1 Å². The van der Waals surface area contributed by atoms with E-state index in [0.717, 1.165) is 5.70 Å². The Bertz CT molecular complexity index is 504. The maximum absolute atomic E-state index is 5.87. The lowest BCUT2D eigenvalue weighted by Gasteiger charge is -2.28. The van der Waals surface area contributed by atoms with Gasteiger partial charge < -0.3 is 5.73 Å². The number of nitrogens with one attached hydrogen (secondary N) is 1. The van der Waals surface area contributed by atoms with Crippen LogP contribution in [0.15, 0.2) is 29.0 Å². The molecule has 0 radical (unpaired) electrons. The summed E-state index contributed by atoms with van der Waals surface area (Å²) in [6, 6.07) is 3.75. The molecule has 0 amide bonds. The van der Waals surface area contributed by atoms with Crippen molar-refractivity contribution in [1.82, 2.24) is 20.0 Å². The van der Waals surface area contributed by atoms with Crippen molar-refractivity contribution >= 4 is 6.21 Å². The maximum Gasteiger partial charge on any atom is 0.0520 e. The van der Waals surface area contributed by atoms with E-state index in [9.17, 15) is 0 Å². The van der Waals surface area contributed by atoms with Gasteiger partial charge in [0.1, 0.15) is 0 Å². The Balaban J connectivity index is 0.000000462. The van der Waals surface area contributed by atoms with Crippen molar-refractivity contribution in [2.24, 2.45) is 10.7 Å². The molecule has 3 N–H and O–H groups in total. The van der Waals surface area contributed by atoms with Gasteiger partial charge in [0.05, 0.1) is 5.69 Å². The van der Waals surface area contributed by atoms with E-state index in [1.54, 1.807) is 19.5 Å². The Morgan fingerprint density at radius 1 is 1.12 bits per heavy atom. The highest BCUT2D eigenvalue weighted by Crippen LogP contribution is 2.17. The Hall–Kier alpha value is -1.66. The molecule has 2 atom stereocenters. The molecule has 0 bridgehead atoms. The highest BCUT2D eigenvalue weighted by molar-refractivity contribution is 5.71. The molecule has 1 rings (SSSR count). The first-order valence-corrected chi connectivity index (χ1v) is 8.94. The lowest BCUT2D eigenvalue weighted by atomic mass is 10.2. The molecule has 0 spiro atoms. The number of aromatic amines is 1. The Morgan fingerprint density at radius 2 is 1.68 bits per heavy atom.